The molecule has 0 aromatic heterocycles. The highest BCUT2D eigenvalue weighted by molar-refractivity contribution is 5.85. The highest BCUT2D eigenvalue weighted by Crippen LogP contribution is 2.04. The van der Waals surface area contributed by atoms with Crippen molar-refractivity contribution in [2.75, 3.05) is 20.1 Å². The summed E-state index contributed by atoms with van der Waals surface area (Å²) in [5.41, 5.74) is 5.11. The van der Waals surface area contributed by atoms with Crippen LogP contribution in [-0.2, 0) is 4.79 Å². The van der Waals surface area contributed by atoms with Crippen LogP contribution in [0.25, 0.3) is 0 Å². The molecule has 4 heteroatoms. The second-order valence-electron chi connectivity index (χ2n) is 5.31. The SMILES string of the molecule is CCC(C)(N)C(=O)NCCCCN(C)C(C)C. The van der Waals surface area contributed by atoms with Crippen LogP contribution in [0.3, 0.4) is 0 Å². The molecule has 4 nitrogen and oxygen atoms in total. The Bertz CT molecular complexity index is 227. The number of amides is 1. The number of carbonyl (C=O) groups is 1. The highest BCUT2D eigenvalue weighted by Gasteiger charge is 2.24. The van der Waals surface area contributed by atoms with E-state index in [0.29, 0.717) is 12.5 Å². The van der Waals surface area contributed by atoms with E-state index in [1.54, 1.807) is 6.92 Å². The molecule has 0 rings (SSSR count). The molecular formula is C13H29N3O. The van der Waals surface area contributed by atoms with Crippen molar-refractivity contribution in [1.82, 2.24) is 10.2 Å². The molecule has 0 spiro atoms. The van der Waals surface area contributed by atoms with E-state index in [4.69, 9.17) is 5.73 Å². The molecule has 0 aliphatic rings. The topological polar surface area (TPSA) is 58.4 Å². The molecular weight excluding hydrogens is 214 g/mol. The van der Waals surface area contributed by atoms with Crippen molar-refractivity contribution in [2.24, 2.45) is 5.73 Å². The molecule has 0 aromatic rings. The number of rotatable bonds is 8. The highest BCUT2D eigenvalue weighted by atomic mass is 16.2. The zero-order valence-corrected chi connectivity index (χ0v) is 12.0. The fraction of sp³-hybridized carbons (Fsp3) is 0.923. The Morgan fingerprint density at radius 3 is 2.47 bits per heavy atom. The molecule has 0 saturated carbocycles. The second-order valence-corrected chi connectivity index (χ2v) is 5.31. The summed E-state index contributed by atoms with van der Waals surface area (Å²) in [6, 6.07) is 0.581. The first-order valence-electron chi connectivity index (χ1n) is 6.58. The van der Waals surface area contributed by atoms with Crippen molar-refractivity contribution < 1.29 is 4.79 Å². The number of carbonyl (C=O) groups excluding carboxylic acids is 1. The van der Waals surface area contributed by atoms with E-state index in [9.17, 15) is 4.79 Å². The molecule has 1 amide bonds. The van der Waals surface area contributed by atoms with Crippen molar-refractivity contribution >= 4 is 5.91 Å². The zero-order chi connectivity index (χ0) is 13.5. The van der Waals surface area contributed by atoms with Crippen molar-refractivity contribution in [3.63, 3.8) is 0 Å². The standard InChI is InChI=1S/C13H29N3O/c1-6-13(4,14)12(17)15-9-7-8-10-16(5)11(2)3/h11H,6-10,14H2,1-5H3,(H,15,17). The van der Waals surface area contributed by atoms with Gasteiger partial charge in [-0.05, 0) is 53.6 Å². The van der Waals surface area contributed by atoms with Gasteiger partial charge in [0, 0.05) is 12.6 Å². The molecule has 1 atom stereocenters. The van der Waals surface area contributed by atoms with Crippen LogP contribution in [0.4, 0.5) is 0 Å². The molecule has 0 bridgehead atoms. The van der Waals surface area contributed by atoms with Gasteiger partial charge in [0.1, 0.15) is 0 Å². The van der Waals surface area contributed by atoms with Crippen LogP contribution in [-0.4, -0.2) is 42.5 Å². The van der Waals surface area contributed by atoms with Crippen molar-refractivity contribution in [3.05, 3.63) is 0 Å². The lowest BCUT2D eigenvalue weighted by molar-refractivity contribution is -0.125. The summed E-state index contributed by atoms with van der Waals surface area (Å²) in [4.78, 5) is 14.0. The largest absolute Gasteiger partial charge is 0.355 e. The lowest BCUT2D eigenvalue weighted by atomic mass is 9.99. The first-order valence-corrected chi connectivity index (χ1v) is 6.58. The van der Waals surface area contributed by atoms with Gasteiger partial charge in [0.2, 0.25) is 5.91 Å². The summed E-state index contributed by atoms with van der Waals surface area (Å²) in [6.45, 7) is 9.86. The Hall–Kier alpha value is -0.610. The smallest absolute Gasteiger partial charge is 0.239 e. The van der Waals surface area contributed by atoms with E-state index in [1.807, 2.05) is 6.92 Å². The minimum atomic E-state index is -0.727. The number of unbranched alkanes of at least 4 members (excludes halogenated alkanes) is 1. The van der Waals surface area contributed by atoms with Crippen LogP contribution in [0.15, 0.2) is 0 Å². The van der Waals surface area contributed by atoms with E-state index >= 15 is 0 Å². The van der Waals surface area contributed by atoms with Gasteiger partial charge in [-0.2, -0.15) is 0 Å². The molecule has 0 saturated heterocycles. The van der Waals surface area contributed by atoms with Crippen molar-refractivity contribution in [2.45, 2.75) is 58.5 Å². The van der Waals surface area contributed by atoms with E-state index in [-0.39, 0.29) is 5.91 Å². The van der Waals surface area contributed by atoms with Gasteiger partial charge in [-0.15, -0.1) is 0 Å². The Morgan fingerprint density at radius 1 is 1.41 bits per heavy atom. The lowest BCUT2D eigenvalue weighted by Crippen LogP contribution is -2.51. The van der Waals surface area contributed by atoms with Crippen molar-refractivity contribution in [3.8, 4) is 0 Å². The monoisotopic (exact) mass is 243 g/mol. The number of hydrogen-bond acceptors (Lipinski definition) is 3. The van der Waals surface area contributed by atoms with Gasteiger partial charge in [-0.3, -0.25) is 4.79 Å². The summed E-state index contributed by atoms with van der Waals surface area (Å²) in [5, 5.41) is 2.89. The maximum absolute atomic E-state index is 11.7. The number of nitrogens with two attached hydrogens (primary N) is 1. The minimum Gasteiger partial charge on any atom is -0.355 e. The minimum absolute atomic E-state index is 0.0442. The van der Waals surface area contributed by atoms with Crippen LogP contribution >= 0.6 is 0 Å². The lowest BCUT2D eigenvalue weighted by Gasteiger charge is -2.22. The van der Waals surface area contributed by atoms with E-state index in [2.05, 4.69) is 31.1 Å². The average Bonchev–Trinajstić information content (AvgIpc) is 2.27. The Balaban J connectivity index is 3.62. The quantitative estimate of drug-likeness (QED) is 0.633. The predicted octanol–water partition coefficient (Wildman–Crippen LogP) is 1.35. The molecule has 0 heterocycles. The van der Waals surface area contributed by atoms with Gasteiger partial charge in [0.05, 0.1) is 5.54 Å². The molecule has 0 aromatic carbocycles. The van der Waals surface area contributed by atoms with Crippen LogP contribution < -0.4 is 11.1 Å². The second kappa shape index (κ2) is 7.67. The maximum atomic E-state index is 11.7. The third-order valence-electron chi connectivity index (χ3n) is 3.36. The van der Waals surface area contributed by atoms with Gasteiger partial charge in [0.25, 0.3) is 0 Å². The molecule has 17 heavy (non-hydrogen) atoms. The fourth-order valence-electron chi connectivity index (χ4n) is 1.31. The summed E-state index contributed by atoms with van der Waals surface area (Å²) < 4.78 is 0. The number of nitrogens with zero attached hydrogens (tertiary/aromatic N) is 1. The zero-order valence-electron chi connectivity index (χ0n) is 12.0. The first-order chi connectivity index (χ1) is 7.81. The molecule has 102 valence electrons. The van der Waals surface area contributed by atoms with Gasteiger partial charge in [-0.1, -0.05) is 6.92 Å². The maximum Gasteiger partial charge on any atom is 0.239 e. The van der Waals surface area contributed by atoms with Gasteiger partial charge in [-0.25, -0.2) is 0 Å². The predicted molar refractivity (Wildman–Crippen MR) is 72.9 cm³/mol. The molecule has 1 unspecified atom stereocenters. The molecule has 3 N–H and O–H groups in total. The molecule has 0 fully saturated rings. The summed E-state index contributed by atoms with van der Waals surface area (Å²) in [6.07, 6.45) is 2.76. The van der Waals surface area contributed by atoms with Gasteiger partial charge >= 0.3 is 0 Å². The normalized spacial score (nSPS) is 15.1. The first kappa shape index (κ1) is 16.4. The van der Waals surface area contributed by atoms with Crippen LogP contribution in [0.2, 0.25) is 0 Å². The third-order valence-corrected chi connectivity index (χ3v) is 3.36. The van der Waals surface area contributed by atoms with Gasteiger partial charge in [0.15, 0.2) is 0 Å². The molecule has 0 aliphatic heterocycles. The summed E-state index contributed by atoms with van der Waals surface area (Å²) in [7, 11) is 2.12. The van der Waals surface area contributed by atoms with E-state index in [1.165, 1.54) is 0 Å². The Kier molecular flexibility index (Phi) is 7.39. The fourth-order valence-corrected chi connectivity index (χ4v) is 1.31. The van der Waals surface area contributed by atoms with Gasteiger partial charge < -0.3 is 16.0 Å². The van der Waals surface area contributed by atoms with Crippen molar-refractivity contribution in [1.29, 1.82) is 0 Å². The number of nitrogens with one attached hydrogen (secondary N) is 1. The average molecular weight is 243 g/mol. The van der Waals surface area contributed by atoms with Crippen LogP contribution in [0.5, 0.6) is 0 Å². The third kappa shape index (κ3) is 6.64. The van der Waals surface area contributed by atoms with E-state index < -0.39 is 5.54 Å². The summed E-state index contributed by atoms with van der Waals surface area (Å²) in [5.74, 6) is -0.0442. The Labute approximate surface area is 106 Å². The van der Waals surface area contributed by atoms with Crippen LogP contribution in [0.1, 0.15) is 47.0 Å². The Morgan fingerprint density at radius 2 is 2.00 bits per heavy atom. The number of hydrogen-bond donors (Lipinski definition) is 2. The van der Waals surface area contributed by atoms with E-state index in [0.717, 1.165) is 25.9 Å². The molecule has 0 aliphatic carbocycles. The summed E-state index contributed by atoms with van der Waals surface area (Å²) >= 11 is 0. The van der Waals surface area contributed by atoms with Crippen LogP contribution in [0, 0.1) is 0 Å². The molecule has 0 radical (unpaired) electrons.